The SMILES string of the molecule is CCCN1CCN(C(=O)OC(C)(C)C)[C@@H]2CS(=O)(=O)C[C@@H]21. The fourth-order valence-corrected chi connectivity index (χ4v) is 5.15. The highest BCUT2D eigenvalue weighted by molar-refractivity contribution is 7.91. The molecule has 0 aromatic heterocycles. The van der Waals surface area contributed by atoms with E-state index in [0.29, 0.717) is 13.1 Å². The van der Waals surface area contributed by atoms with E-state index < -0.39 is 21.5 Å². The van der Waals surface area contributed by atoms with Crippen LogP contribution in [-0.4, -0.2) is 73.1 Å². The van der Waals surface area contributed by atoms with E-state index >= 15 is 0 Å². The lowest BCUT2D eigenvalue weighted by Crippen LogP contribution is -2.61. The van der Waals surface area contributed by atoms with Crippen LogP contribution in [-0.2, 0) is 14.6 Å². The average Bonchev–Trinajstić information content (AvgIpc) is 2.62. The van der Waals surface area contributed by atoms with Crippen LogP contribution in [0.15, 0.2) is 0 Å². The van der Waals surface area contributed by atoms with Crippen molar-refractivity contribution < 1.29 is 17.9 Å². The monoisotopic (exact) mass is 318 g/mol. The van der Waals surface area contributed by atoms with E-state index in [4.69, 9.17) is 4.74 Å². The molecule has 0 bridgehead atoms. The van der Waals surface area contributed by atoms with Gasteiger partial charge in [-0.25, -0.2) is 13.2 Å². The van der Waals surface area contributed by atoms with Crippen LogP contribution in [0.25, 0.3) is 0 Å². The Kier molecular flexibility index (Phi) is 4.54. The minimum atomic E-state index is -3.08. The first-order valence-corrected chi connectivity index (χ1v) is 9.39. The Bertz CT molecular complexity index is 498. The van der Waals surface area contributed by atoms with E-state index in [1.807, 2.05) is 20.8 Å². The summed E-state index contributed by atoms with van der Waals surface area (Å²) in [7, 11) is -3.08. The molecule has 2 saturated heterocycles. The summed E-state index contributed by atoms with van der Waals surface area (Å²) in [6, 6.07) is -0.360. The zero-order valence-electron chi connectivity index (χ0n) is 13.3. The van der Waals surface area contributed by atoms with Gasteiger partial charge in [-0.15, -0.1) is 0 Å². The van der Waals surface area contributed by atoms with Gasteiger partial charge in [-0.05, 0) is 33.7 Å². The van der Waals surface area contributed by atoms with Crippen LogP contribution in [0.5, 0.6) is 0 Å². The number of rotatable bonds is 2. The Morgan fingerprint density at radius 3 is 2.38 bits per heavy atom. The van der Waals surface area contributed by atoms with Crippen LogP contribution >= 0.6 is 0 Å². The van der Waals surface area contributed by atoms with E-state index in [1.165, 1.54) is 0 Å². The van der Waals surface area contributed by atoms with E-state index in [9.17, 15) is 13.2 Å². The molecule has 2 heterocycles. The number of amides is 1. The predicted octanol–water partition coefficient (Wildman–Crippen LogP) is 1.11. The summed E-state index contributed by atoms with van der Waals surface area (Å²) in [5.41, 5.74) is -0.565. The predicted molar refractivity (Wildman–Crippen MR) is 81.0 cm³/mol. The summed E-state index contributed by atoms with van der Waals surface area (Å²) in [6.07, 6.45) is 0.584. The third kappa shape index (κ3) is 3.88. The molecular weight excluding hydrogens is 292 g/mol. The van der Waals surface area contributed by atoms with Gasteiger partial charge in [0, 0.05) is 19.1 Å². The molecule has 0 spiro atoms. The molecule has 2 aliphatic rings. The van der Waals surface area contributed by atoms with Crippen LogP contribution < -0.4 is 0 Å². The van der Waals surface area contributed by atoms with E-state index in [0.717, 1.165) is 13.0 Å². The number of carbonyl (C=O) groups excluding carboxylic acids is 1. The molecular formula is C14H26N2O4S. The average molecular weight is 318 g/mol. The minimum absolute atomic E-state index is 0.0527. The van der Waals surface area contributed by atoms with Gasteiger partial charge in [-0.2, -0.15) is 0 Å². The number of piperazine rings is 1. The van der Waals surface area contributed by atoms with Crippen molar-refractivity contribution in [3.05, 3.63) is 0 Å². The molecule has 7 heteroatoms. The summed E-state index contributed by atoms with van der Waals surface area (Å²) < 4.78 is 29.4. The van der Waals surface area contributed by atoms with Gasteiger partial charge in [0.05, 0.1) is 17.5 Å². The van der Waals surface area contributed by atoms with E-state index in [-0.39, 0.29) is 23.6 Å². The number of hydrogen-bond donors (Lipinski definition) is 0. The number of ether oxygens (including phenoxy) is 1. The van der Waals surface area contributed by atoms with Gasteiger partial charge < -0.3 is 9.64 Å². The van der Waals surface area contributed by atoms with Crippen LogP contribution in [0.1, 0.15) is 34.1 Å². The molecule has 0 N–H and O–H groups in total. The van der Waals surface area contributed by atoms with Gasteiger partial charge >= 0.3 is 6.09 Å². The number of hydrogen-bond acceptors (Lipinski definition) is 5. The molecule has 0 saturated carbocycles. The van der Waals surface area contributed by atoms with Crippen LogP contribution in [0.2, 0.25) is 0 Å². The second-order valence-corrected chi connectivity index (χ2v) is 9.08. The van der Waals surface area contributed by atoms with Crippen molar-refractivity contribution in [2.45, 2.75) is 51.8 Å². The molecule has 2 rings (SSSR count). The van der Waals surface area contributed by atoms with Gasteiger partial charge in [0.15, 0.2) is 9.84 Å². The molecule has 2 aliphatic heterocycles. The van der Waals surface area contributed by atoms with Gasteiger partial charge in [0.25, 0.3) is 0 Å². The summed E-state index contributed by atoms with van der Waals surface area (Å²) >= 11 is 0. The molecule has 2 fully saturated rings. The van der Waals surface area contributed by atoms with Crippen molar-refractivity contribution in [2.24, 2.45) is 0 Å². The zero-order chi connectivity index (χ0) is 15.8. The van der Waals surface area contributed by atoms with Crippen LogP contribution in [0.4, 0.5) is 4.79 Å². The van der Waals surface area contributed by atoms with Crippen LogP contribution in [0, 0.1) is 0 Å². The van der Waals surface area contributed by atoms with Gasteiger partial charge in [-0.3, -0.25) is 4.90 Å². The Balaban J connectivity index is 2.17. The second-order valence-electron chi connectivity index (χ2n) is 6.92. The summed E-state index contributed by atoms with van der Waals surface area (Å²) in [5, 5.41) is 0. The lowest BCUT2D eigenvalue weighted by atomic mass is 10.1. The molecule has 6 nitrogen and oxygen atoms in total. The first kappa shape index (κ1) is 16.5. The molecule has 0 unspecified atom stereocenters. The molecule has 0 aliphatic carbocycles. The Hall–Kier alpha value is -0.820. The topological polar surface area (TPSA) is 66.9 Å². The van der Waals surface area contributed by atoms with Crippen molar-refractivity contribution in [3.63, 3.8) is 0 Å². The van der Waals surface area contributed by atoms with Crippen molar-refractivity contribution in [1.29, 1.82) is 0 Å². The maximum absolute atomic E-state index is 12.3. The molecule has 122 valence electrons. The van der Waals surface area contributed by atoms with Crippen molar-refractivity contribution in [1.82, 2.24) is 9.80 Å². The maximum atomic E-state index is 12.3. The third-order valence-corrected chi connectivity index (χ3v) is 5.63. The molecule has 1 amide bonds. The molecule has 21 heavy (non-hydrogen) atoms. The lowest BCUT2D eigenvalue weighted by molar-refractivity contribution is -0.00886. The van der Waals surface area contributed by atoms with Gasteiger partial charge in [0.1, 0.15) is 5.60 Å². The first-order valence-electron chi connectivity index (χ1n) is 7.57. The van der Waals surface area contributed by atoms with Gasteiger partial charge in [-0.1, -0.05) is 6.92 Å². The standard InChI is InChI=1S/C14H26N2O4S/c1-5-6-15-7-8-16(13(17)20-14(2,3)4)12-10-21(18,19)9-11(12)15/h11-12H,5-10H2,1-4H3/t11-,12+/m0/s1. The highest BCUT2D eigenvalue weighted by Gasteiger charge is 2.48. The van der Waals surface area contributed by atoms with Gasteiger partial charge in [0.2, 0.25) is 0 Å². The fraction of sp³-hybridized carbons (Fsp3) is 0.929. The van der Waals surface area contributed by atoms with Crippen LogP contribution in [0.3, 0.4) is 0 Å². The second kappa shape index (κ2) is 5.76. The van der Waals surface area contributed by atoms with Crippen molar-refractivity contribution >= 4 is 15.9 Å². The highest BCUT2D eigenvalue weighted by Crippen LogP contribution is 2.28. The molecule has 0 aromatic rings. The highest BCUT2D eigenvalue weighted by atomic mass is 32.2. The smallest absolute Gasteiger partial charge is 0.410 e. The Labute approximate surface area is 127 Å². The quantitative estimate of drug-likeness (QED) is 0.763. The molecule has 0 radical (unpaired) electrons. The lowest BCUT2D eigenvalue weighted by Gasteiger charge is -2.43. The van der Waals surface area contributed by atoms with Crippen molar-refractivity contribution in [3.8, 4) is 0 Å². The number of carbonyl (C=O) groups is 1. The first-order chi connectivity index (χ1) is 9.63. The summed E-state index contributed by atoms with van der Waals surface area (Å²) in [6.45, 7) is 9.66. The summed E-state index contributed by atoms with van der Waals surface area (Å²) in [4.78, 5) is 16.1. The fourth-order valence-electron chi connectivity index (χ4n) is 3.14. The third-order valence-electron chi connectivity index (χ3n) is 3.93. The number of nitrogens with zero attached hydrogens (tertiary/aromatic N) is 2. The number of sulfone groups is 1. The van der Waals surface area contributed by atoms with Crippen molar-refractivity contribution in [2.75, 3.05) is 31.1 Å². The Morgan fingerprint density at radius 2 is 1.81 bits per heavy atom. The minimum Gasteiger partial charge on any atom is -0.444 e. The largest absolute Gasteiger partial charge is 0.444 e. The Morgan fingerprint density at radius 1 is 1.19 bits per heavy atom. The maximum Gasteiger partial charge on any atom is 0.410 e. The molecule has 2 atom stereocenters. The van der Waals surface area contributed by atoms with E-state index in [1.54, 1.807) is 4.90 Å². The van der Waals surface area contributed by atoms with E-state index in [2.05, 4.69) is 11.8 Å². The normalized spacial score (nSPS) is 29.2. The molecule has 0 aromatic carbocycles. The number of fused-ring (bicyclic) bond motifs is 1. The zero-order valence-corrected chi connectivity index (χ0v) is 14.1. The summed E-state index contributed by atoms with van der Waals surface area (Å²) in [5.74, 6) is 0.202.